The molecule has 4 nitrogen and oxygen atoms in total. The molecule has 1 aromatic carbocycles. The number of nitrogens with two attached hydrogens (primary N) is 1. The van der Waals surface area contributed by atoms with Crippen LogP contribution in [0.4, 0.5) is 10.2 Å². The molecule has 0 saturated carbocycles. The first-order chi connectivity index (χ1) is 9.78. The lowest BCUT2D eigenvalue weighted by atomic mass is 10.0. The summed E-state index contributed by atoms with van der Waals surface area (Å²) in [6, 6.07) is 12.2. The largest absolute Gasteiger partial charge is 0.325 e. The van der Waals surface area contributed by atoms with E-state index in [0.29, 0.717) is 6.54 Å². The zero-order chi connectivity index (χ0) is 13.9. The zero-order valence-electron chi connectivity index (χ0n) is 10.9. The Morgan fingerprint density at radius 1 is 1.20 bits per heavy atom. The van der Waals surface area contributed by atoms with Crippen LogP contribution in [0.15, 0.2) is 53.8 Å². The van der Waals surface area contributed by atoms with Crippen LogP contribution in [0.1, 0.15) is 18.0 Å². The summed E-state index contributed by atoms with van der Waals surface area (Å²) in [6.45, 7) is 0.418. The SMILES string of the molecule is NCC1=NN(c2ccccn2)C(c2ccc(F)cc2)C1. The molecule has 0 fully saturated rings. The number of nitrogens with zero attached hydrogens (tertiary/aromatic N) is 3. The number of pyridine rings is 1. The van der Waals surface area contributed by atoms with Gasteiger partial charge in [-0.25, -0.2) is 14.4 Å². The highest BCUT2D eigenvalue weighted by atomic mass is 19.1. The Hall–Kier alpha value is -2.27. The van der Waals surface area contributed by atoms with E-state index in [1.807, 2.05) is 23.2 Å². The second-order valence-corrected chi connectivity index (χ2v) is 4.67. The molecule has 1 atom stereocenters. The maximum Gasteiger partial charge on any atom is 0.149 e. The number of benzene rings is 1. The molecule has 102 valence electrons. The standard InChI is InChI=1S/C15H15FN4/c16-12-6-4-11(5-7-12)14-9-13(10-17)19-20(14)15-3-1-2-8-18-15/h1-8,14H,9-10,17H2. The molecule has 2 aromatic rings. The number of rotatable bonds is 3. The van der Waals surface area contributed by atoms with Crippen molar-refractivity contribution in [2.24, 2.45) is 10.8 Å². The van der Waals surface area contributed by atoms with Crippen LogP contribution in [0.3, 0.4) is 0 Å². The molecule has 1 aromatic heterocycles. The van der Waals surface area contributed by atoms with Gasteiger partial charge in [-0.1, -0.05) is 18.2 Å². The zero-order valence-corrected chi connectivity index (χ0v) is 10.9. The molecular weight excluding hydrogens is 255 g/mol. The Balaban J connectivity index is 1.95. The molecule has 0 spiro atoms. The number of anilines is 1. The van der Waals surface area contributed by atoms with Crippen LogP contribution in [-0.4, -0.2) is 17.2 Å². The molecule has 2 N–H and O–H groups in total. The fraction of sp³-hybridized carbons (Fsp3) is 0.200. The normalized spacial score (nSPS) is 18.2. The third-order valence-corrected chi connectivity index (χ3v) is 3.35. The van der Waals surface area contributed by atoms with Crippen LogP contribution in [0.2, 0.25) is 0 Å². The molecule has 0 saturated heterocycles. The molecule has 1 aliphatic heterocycles. The lowest BCUT2D eigenvalue weighted by Gasteiger charge is -2.22. The third kappa shape index (κ3) is 2.40. The van der Waals surface area contributed by atoms with Gasteiger partial charge >= 0.3 is 0 Å². The van der Waals surface area contributed by atoms with E-state index < -0.39 is 0 Å². The second-order valence-electron chi connectivity index (χ2n) is 4.67. The van der Waals surface area contributed by atoms with E-state index in [9.17, 15) is 4.39 Å². The molecule has 0 amide bonds. The maximum atomic E-state index is 13.1. The van der Waals surface area contributed by atoms with Gasteiger partial charge in [-0.05, 0) is 29.8 Å². The van der Waals surface area contributed by atoms with Crippen molar-refractivity contribution in [2.45, 2.75) is 12.5 Å². The Labute approximate surface area is 116 Å². The first-order valence-electron chi connectivity index (χ1n) is 6.50. The van der Waals surface area contributed by atoms with Gasteiger partial charge in [0.15, 0.2) is 0 Å². The predicted molar refractivity (Wildman–Crippen MR) is 77.0 cm³/mol. The quantitative estimate of drug-likeness (QED) is 0.932. The summed E-state index contributed by atoms with van der Waals surface area (Å²) in [5.41, 5.74) is 7.63. The first kappa shape index (κ1) is 12.7. The lowest BCUT2D eigenvalue weighted by Crippen LogP contribution is -2.19. The molecule has 5 heteroatoms. The fourth-order valence-corrected chi connectivity index (χ4v) is 2.34. The molecule has 20 heavy (non-hydrogen) atoms. The van der Waals surface area contributed by atoms with E-state index in [2.05, 4.69) is 10.1 Å². The van der Waals surface area contributed by atoms with Gasteiger partial charge in [0.05, 0.1) is 11.8 Å². The van der Waals surface area contributed by atoms with Gasteiger partial charge in [-0.3, -0.25) is 0 Å². The average molecular weight is 270 g/mol. The molecule has 1 aliphatic rings. The third-order valence-electron chi connectivity index (χ3n) is 3.35. The van der Waals surface area contributed by atoms with E-state index in [1.54, 1.807) is 18.3 Å². The van der Waals surface area contributed by atoms with Crippen LogP contribution in [0.5, 0.6) is 0 Å². The minimum absolute atomic E-state index is 0.0176. The maximum absolute atomic E-state index is 13.1. The van der Waals surface area contributed by atoms with Gasteiger partial charge in [0.2, 0.25) is 0 Å². The van der Waals surface area contributed by atoms with E-state index in [4.69, 9.17) is 5.73 Å². The van der Waals surface area contributed by atoms with Crippen molar-refractivity contribution in [3.63, 3.8) is 0 Å². The van der Waals surface area contributed by atoms with E-state index in [1.165, 1.54) is 12.1 Å². The lowest BCUT2D eigenvalue weighted by molar-refractivity contribution is 0.623. The topological polar surface area (TPSA) is 54.5 Å². The van der Waals surface area contributed by atoms with Crippen LogP contribution in [0, 0.1) is 5.82 Å². The summed E-state index contributed by atoms with van der Waals surface area (Å²) in [4.78, 5) is 4.33. The van der Waals surface area contributed by atoms with Gasteiger partial charge in [-0.15, -0.1) is 0 Å². The van der Waals surface area contributed by atoms with Crippen molar-refractivity contribution in [2.75, 3.05) is 11.6 Å². The summed E-state index contributed by atoms with van der Waals surface area (Å²) in [6.07, 6.45) is 2.46. The smallest absolute Gasteiger partial charge is 0.149 e. The summed E-state index contributed by atoms with van der Waals surface area (Å²) >= 11 is 0. The van der Waals surface area contributed by atoms with E-state index in [0.717, 1.165) is 23.5 Å². The Kier molecular flexibility index (Phi) is 3.43. The highest BCUT2D eigenvalue weighted by Crippen LogP contribution is 2.33. The van der Waals surface area contributed by atoms with Crippen LogP contribution in [0.25, 0.3) is 0 Å². The van der Waals surface area contributed by atoms with Crippen molar-refractivity contribution in [1.82, 2.24) is 4.98 Å². The van der Waals surface area contributed by atoms with Gasteiger partial charge in [0.1, 0.15) is 11.6 Å². The van der Waals surface area contributed by atoms with Gasteiger partial charge in [0.25, 0.3) is 0 Å². The fourth-order valence-electron chi connectivity index (χ4n) is 2.34. The Morgan fingerprint density at radius 2 is 2.00 bits per heavy atom. The molecule has 3 rings (SSSR count). The predicted octanol–water partition coefficient (Wildman–Crippen LogP) is 2.49. The molecule has 1 unspecified atom stereocenters. The number of hydrogen-bond acceptors (Lipinski definition) is 4. The minimum atomic E-state index is -0.240. The van der Waals surface area contributed by atoms with Crippen molar-refractivity contribution in [3.8, 4) is 0 Å². The van der Waals surface area contributed by atoms with Crippen LogP contribution < -0.4 is 10.7 Å². The van der Waals surface area contributed by atoms with Gasteiger partial charge in [-0.2, -0.15) is 5.10 Å². The number of halogens is 1. The average Bonchev–Trinajstić information content (AvgIpc) is 2.93. The van der Waals surface area contributed by atoms with Crippen LogP contribution in [-0.2, 0) is 0 Å². The number of hydrogen-bond donors (Lipinski definition) is 1. The summed E-state index contributed by atoms with van der Waals surface area (Å²) < 4.78 is 13.1. The van der Waals surface area contributed by atoms with Gasteiger partial charge < -0.3 is 5.73 Å². The van der Waals surface area contributed by atoms with Crippen LogP contribution >= 0.6 is 0 Å². The van der Waals surface area contributed by atoms with Crippen molar-refractivity contribution in [3.05, 3.63) is 60.0 Å². The highest BCUT2D eigenvalue weighted by molar-refractivity contribution is 5.90. The molecule has 0 aliphatic carbocycles. The van der Waals surface area contributed by atoms with Crippen molar-refractivity contribution < 1.29 is 4.39 Å². The first-order valence-corrected chi connectivity index (χ1v) is 6.50. The van der Waals surface area contributed by atoms with E-state index in [-0.39, 0.29) is 11.9 Å². The summed E-state index contributed by atoms with van der Waals surface area (Å²) in [7, 11) is 0. The summed E-state index contributed by atoms with van der Waals surface area (Å²) in [5, 5.41) is 6.38. The minimum Gasteiger partial charge on any atom is -0.325 e. The van der Waals surface area contributed by atoms with Crippen molar-refractivity contribution in [1.29, 1.82) is 0 Å². The molecule has 0 radical (unpaired) electrons. The van der Waals surface area contributed by atoms with E-state index >= 15 is 0 Å². The van der Waals surface area contributed by atoms with Gasteiger partial charge in [0, 0.05) is 19.2 Å². The Morgan fingerprint density at radius 3 is 2.65 bits per heavy atom. The molecule has 0 bridgehead atoms. The molecule has 2 heterocycles. The number of aromatic nitrogens is 1. The second kappa shape index (κ2) is 5.38. The van der Waals surface area contributed by atoms with Crippen molar-refractivity contribution >= 4 is 11.5 Å². The summed E-state index contributed by atoms with van der Waals surface area (Å²) in [5.74, 6) is 0.529. The Bertz CT molecular complexity index is 610. The highest BCUT2D eigenvalue weighted by Gasteiger charge is 2.29. The molecular formula is C15H15FN4. The number of hydrazone groups is 1. The monoisotopic (exact) mass is 270 g/mol.